The molecule has 0 aromatic heterocycles. The van der Waals surface area contributed by atoms with Gasteiger partial charge in [0.15, 0.2) is 0 Å². The summed E-state index contributed by atoms with van der Waals surface area (Å²) in [5, 5.41) is 4.86. The van der Waals surface area contributed by atoms with Crippen LogP contribution in [0.2, 0.25) is 20.1 Å². The molecule has 2 aromatic rings. The zero-order chi connectivity index (χ0) is 23.1. The van der Waals surface area contributed by atoms with Crippen molar-refractivity contribution < 1.29 is 9.59 Å². The average molecular weight is 522 g/mol. The fraction of sp³-hybridized carbons (Fsp3) is 0.364. The van der Waals surface area contributed by atoms with Gasteiger partial charge in [0.1, 0.15) is 6.04 Å². The minimum Gasteiger partial charge on any atom is -0.352 e. The quantitative estimate of drug-likeness (QED) is 0.411. The van der Waals surface area contributed by atoms with E-state index >= 15 is 0 Å². The van der Waals surface area contributed by atoms with E-state index in [1.165, 1.54) is 16.7 Å². The summed E-state index contributed by atoms with van der Waals surface area (Å²) < 4.78 is 0. The number of nitrogens with zero attached hydrogens (tertiary/aromatic N) is 1. The van der Waals surface area contributed by atoms with Crippen LogP contribution in [0.4, 0.5) is 0 Å². The molecule has 1 atom stereocenters. The summed E-state index contributed by atoms with van der Waals surface area (Å²) in [7, 11) is 0. The van der Waals surface area contributed by atoms with Crippen LogP contribution in [0, 0.1) is 0 Å². The van der Waals surface area contributed by atoms with E-state index in [0.29, 0.717) is 31.4 Å². The van der Waals surface area contributed by atoms with Gasteiger partial charge < -0.3 is 10.2 Å². The summed E-state index contributed by atoms with van der Waals surface area (Å²) >= 11 is 26.2. The van der Waals surface area contributed by atoms with Crippen LogP contribution >= 0.6 is 58.2 Å². The minimum atomic E-state index is -0.693. The molecule has 9 heteroatoms. The Hall–Kier alpha value is -1.11. The van der Waals surface area contributed by atoms with Crippen LogP contribution in [0.3, 0.4) is 0 Å². The van der Waals surface area contributed by atoms with Gasteiger partial charge in [-0.05, 0) is 50.6 Å². The van der Waals surface area contributed by atoms with Crippen LogP contribution in [0.15, 0.2) is 36.4 Å². The van der Waals surface area contributed by atoms with Gasteiger partial charge in [-0.3, -0.25) is 9.59 Å². The number of nitrogens with one attached hydrogen (secondary N) is 1. The first-order valence-electron chi connectivity index (χ1n) is 9.64. The van der Waals surface area contributed by atoms with E-state index in [-0.39, 0.29) is 30.2 Å². The number of hydrogen-bond donors (Lipinski definition) is 1. The van der Waals surface area contributed by atoms with E-state index in [4.69, 9.17) is 46.4 Å². The monoisotopic (exact) mass is 520 g/mol. The SMILES string of the molecule is CC(C)NC(=O)[C@@H](C)N(Cc1c(Cl)cccc1Cl)C(=O)CSCc1ccc(Cl)cc1Cl. The van der Waals surface area contributed by atoms with Gasteiger partial charge in [-0.1, -0.05) is 58.5 Å². The first kappa shape index (κ1) is 26.1. The van der Waals surface area contributed by atoms with E-state index < -0.39 is 6.04 Å². The number of thioether (sulfide) groups is 1. The molecule has 2 aromatic carbocycles. The van der Waals surface area contributed by atoms with E-state index in [0.717, 1.165) is 5.56 Å². The summed E-state index contributed by atoms with van der Waals surface area (Å²) in [6.45, 7) is 5.56. The molecule has 4 nitrogen and oxygen atoms in total. The van der Waals surface area contributed by atoms with Gasteiger partial charge in [-0.25, -0.2) is 0 Å². The topological polar surface area (TPSA) is 49.4 Å². The lowest BCUT2D eigenvalue weighted by Crippen LogP contribution is -2.49. The van der Waals surface area contributed by atoms with E-state index in [9.17, 15) is 9.59 Å². The molecule has 0 spiro atoms. The molecule has 168 valence electrons. The number of rotatable bonds is 9. The molecule has 0 aliphatic rings. The maximum absolute atomic E-state index is 13.1. The largest absolute Gasteiger partial charge is 0.352 e. The third kappa shape index (κ3) is 7.76. The van der Waals surface area contributed by atoms with Gasteiger partial charge in [0.25, 0.3) is 0 Å². The number of benzene rings is 2. The molecule has 1 N–H and O–H groups in total. The Kier molecular flexibility index (Phi) is 10.3. The molecule has 0 saturated carbocycles. The third-order valence-electron chi connectivity index (χ3n) is 4.49. The van der Waals surface area contributed by atoms with Crippen molar-refractivity contribution in [3.05, 3.63) is 67.6 Å². The molecule has 0 radical (unpaired) electrons. The molecule has 0 aliphatic carbocycles. The number of halogens is 4. The van der Waals surface area contributed by atoms with Gasteiger partial charge in [0.2, 0.25) is 11.8 Å². The van der Waals surface area contributed by atoms with Crippen molar-refractivity contribution >= 4 is 70.0 Å². The lowest BCUT2D eigenvalue weighted by Gasteiger charge is -2.30. The van der Waals surface area contributed by atoms with Crippen LogP contribution in [0.5, 0.6) is 0 Å². The normalized spacial score (nSPS) is 12.0. The molecule has 0 aliphatic heterocycles. The average Bonchev–Trinajstić information content (AvgIpc) is 2.68. The second-order valence-electron chi connectivity index (χ2n) is 7.29. The molecule has 31 heavy (non-hydrogen) atoms. The van der Waals surface area contributed by atoms with Gasteiger partial charge in [-0.15, -0.1) is 11.8 Å². The number of hydrogen-bond acceptors (Lipinski definition) is 3. The summed E-state index contributed by atoms with van der Waals surface area (Å²) in [4.78, 5) is 27.2. The van der Waals surface area contributed by atoms with Crippen molar-refractivity contribution in [3.8, 4) is 0 Å². The van der Waals surface area contributed by atoms with Gasteiger partial charge in [-0.2, -0.15) is 0 Å². The third-order valence-corrected chi connectivity index (χ3v) is 6.75. The highest BCUT2D eigenvalue weighted by Crippen LogP contribution is 2.28. The Labute approximate surface area is 207 Å². The minimum absolute atomic E-state index is 0.0442. The van der Waals surface area contributed by atoms with Crippen molar-refractivity contribution in [2.24, 2.45) is 0 Å². The lowest BCUT2D eigenvalue weighted by atomic mass is 10.1. The van der Waals surface area contributed by atoms with Gasteiger partial charge in [0, 0.05) is 44.0 Å². The fourth-order valence-electron chi connectivity index (χ4n) is 2.81. The second-order valence-corrected chi connectivity index (χ2v) is 9.93. The smallest absolute Gasteiger partial charge is 0.242 e. The highest BCUT2D eigenvalue weighted by atomic mass is 35.5. The Balaban J connectivity index is 2.16. The Morgan fingerprint density at radius 1 is 1.00 bits per heavy atom. The van der Waals surface area contributed by atoms with E-state index in [1.807, 2.05) is 19.9 Å². The molecule has 2 amide bonds. The Morgan fingerprint density at radius 2 is 1.65 bits per heavy atom. The fourth-order valence-corrected chi connectivity index (χ4v) is 4.80. The Bertz CT molecular complexity index is 919. The molecular formula is C22H24Cl4N2O2S. The number of carbonyl (C=O) groups is 2. The zero-order valence-electron chi connectivity index (χ0n) is 17.4. The van der Waals surface area contributed by atoms with Crippen LogP contribution in [0.25, 0.3) is 0 Å². The van der Waals surface area contributed by atoms with Gasteiger partial charge in [0.05, 0.1) is 5.75 Å². The van der Waals surface area contributed by atoms with Crippen molar-refractivity contribution in [3.63, 3.8) is 0 Å². The molecule has 2 rings (SSSR count). The predicted octanol–water partition coefficient (Wildman–Crippen LogP) is 6.48. The Morgan fingerprint density at radius 3 is 2.23 bits per heavy atom. The van der Waals surface area contributed by atoms with Crippen molar-refractivity contribution in [2.45, 2.75) is 45.2 Å². The van der Waals surface area contributed by atoms with Crippen LogP contribution in [0.1, 0.15) is 31.9 Å². The lowest BCUT2D eigenvalue weighted by molar-refractivity contribution is -0.138. The number of amides is 2. The molecule has 0 saturated heterocycles. The van der Waals surface area contributed by atoms with E-state index in [1.54, 1.807) is 37.3 Å². The van der Waals surface area contributed by atoms with Crippen LogP contribution < -0.4 is 5.32 Å². The molecule has 0 fully saturated rings. The molecular weight excluding hydrogens is 498 g/mol. The standard InChI is InChI=1S/C22H24Cl4N2O2S/c1-13(2)27-22(30)14(3)28(10-17-18(24)5-4-6-19(17)25)21(29)12-31-11-15-7-8-16(23)9-20(15)26/h4-9,13-14H,10-12H2,1-3H3,(H,27,30)/t14-/m1/s1. The summed E-state index contributed by atoms with van der Waals surface area (Å²) in [6, 6.07) is 9.69. The zero-order valence-corrected chi connectivity index (χ0v) is 21.3. The van der Waals surface area contributed by atoms with Crippen molar-refractivity contribution in [1.29, 1.82) is 0 Å². The highest BCUT2D eigenvalue weighted by Gasteiger charge is 2.27. The second kappa shape index (κ2) is 12.2. The maximum atomic E-state index is 13.1. The van der Waals surface area contributed by atoms with Crippen LogP contribution in [-0.4, -0.2) is 34.6 Å². The summed E-state index contributed by atoms with van der Waals surface area (Å²) in [5.41, 5.74) is 1.49. The maximum Gasteiger partial charge on any atom is 0.242 e. The predicted molar refractivity (Wildman–Crippen MR) is 132 cm³/mol. The van der Waals surface area contributed by atoms with Gasteiger partial charge >= 0.3 is 0 Å². The van der Waals surface area contributed by atoms with Crippen molar-refractivity contribution in [2.75, 3.05) is 5.75 Å². The van der Waals surface area contributed by atoms with Crippen molar-refractivity contribution in [1.82, 2.24) is 10.2 Å². The summed E-state index contributed by atoms with van der Waals surface area (Å²) in [5.74, 6) is 0.268. The van der Waals surface area contributed by atoms with E-state index in [2.05, 4.69) is 5.32 Å². The highest BCUT2D eigenvalue weighted by molar-refractivity contribution is 7.99. The van der Waals surface area contributed by atoms with Crippen LogP contribution in [-0.2, 0) is 21.9 Å². The number of carbonyl (C=O) groups excluding carboxylic acids is 2. The molecule has 0 unspecified atom stereocenters. The first-order valence-corrected chi connectivity index (χ1v) is 12.3. The molecule has 0 heterocycles. The molecule has 0 bridgehead atoms. The summed E-state index contributed by atoms with van der Waals surface area (Å²) in [6.07, 6.45) is 0. The first-order chi connectivity index (χ1) is 14.6.